The van der Waals surface area contributed by atoms with Crippen LogP contribution in [0.3, 0.4) is 0 Å². The Morgan fingerprint density at radius 1 is 1.15 bits per heavy atom. The highest BCUT2D eigenvalue weighted by Crippen LogP contribution is 2.21. The Morgan fingerprint density at radius 2 is 2.00 bits per heavy atom. The van der Waals surface area contributed by atoms with E-state index < -0.39 is 0 Å². The predicted molar refractivity (Wildman–Crippen MR) is 104 cm³/mol. The van der Waals surface area contributed by atoms with Gasteiger partial charge in [0.1, 0.15) is 11.4 Å². The van der Waals surface area contributed by atoms with Crippen LogP contribution in [0.25, 0.3) is 16.6 Å². The van der Waals surface area contributed by atoms with E-state index in [0.29, 0.717) is 17.8 Å². The lowest BCUT2D eigenvalue weighted by atomic mass is 10.1. The number of aryl methyl sites for hydroxylation is 2. The van der Waals surface area contributed by atoms with Crippen LogP contribution < -0.4 is 10.1 Å². The quantitative estimate of drug-likeness (QED) is 0.605. The van der Waals surface area contributed by atoms with Crippen molar-refractivity contribution in [1.29, 1.82) is 0 Å². The zero-order valence-electron chi connectivity index (χ0n) is 15.5. The summed E-state index contributed by atoms with van der Waals surface area (Å²) in [6, 6.07) is 11.5. The highest BCUT2D eigenvalue weighted by atomic mass is 16.5. The summed E-state index contributed by atoms with van der Waals surface area (Å²) in [5, 5.41) is 3.84. The molecule has 0 aliphatic rings. The largest absolute Gasteiger partial charge is 0.497 e. The summed E-state index contributed by atoms with van der Waals surface area (Å²) >= 11 is 0. The number of fused-ring (bicyclic) bond motifs is 2. The van der Waals surface area contributed by atoms with E-state index in [-0.39, 0.29) is 5.91 Å². The van der Waals surface area contributed by atoms with Gasteiger partial charge < -0.3 is 14.5 Å². The summed E-state index contributed by atoms with van der Waals surface area (Å²) in [5.74, 6) is 0.583. The molecule has 6 heteroatoms. The predicted octanol–water partition coefficient (Wildman–Crippen LogP) is 3.44. The van der Waals surface area contributed by atoms with Crippen LogP contribution in [-0.4, -0.2) is 27.4 Å². The molecule has 0 aliphatic carbocycles. The van der Waals surface area contributed by atoms with Crippen LogP contribution in [-0.2, 0) is 6.54 Å². The van der Waals surface area contributed by atoms with E-state index in [1.165, 1.54) is 0 Å². The number of amides is 1. The molecule has 6 nitrogen and oxygen atoms in total. The van der Waals surface area contributed by atoms with Crippen molar-refractivity contribution in [3.8, 4) is 5.75 Å². The Labute approximate surface area is 156 Å². The molecule has 0 saturated carbocycles. The first-order valence-corrected chi connectivity index (χ1v) is 8.71. The molecule has 27 heavy (non-hydrogen) atoms. The van der Waals surface area contributed by atoms with Gasteiger partial charge in [-0.2, -0.15) is 0 Å². The molecule has 0 aliphatic heterocycles. The van der Waals surface area contributed by atoms with Gasteiger partial charge in [0.15, 0.2) is 0 Å². The number of imidazole rings is 1. The monoisotopic (exact) mass is 360 g/mol. The molecule has 0 spiro atoms. The molecule has 0 fully saturated rings. The minimum absolute atomic E-state index is 0.161. The van der Waals surface area contributed by atoms with E-state index in [2.05, 4.69) is 15.3 Å². The molecule has 1 aromatic carbocycles. The van der Waals surface area contributed by atoms with Crippen molar-refractivity contribution in [3.05, 3.63) is 71.3 Å². The van der Waals surface area contributed by atoms with Crippen molar-refractivity contribution < 1.29 is 9.53 Å². The maximum atomic E-state index is 12.7. The topological polar surface area (TPSA) is 68.5 Å². The number of pyridine rings is 2. The van der Waals surface area contributed by atoms with Crippen LogP contribution >= 0.6 is 0 Å². The minimum Gasteiger partial charge on any atom is -0.497 e. The third kappa shape index (κ3) is 3.33. The van der Waals surface area contributed by atoms with Crippen molar-refractivity contribution in [1.82, 2.24) is 19.7 Å². The van der Waals surface area contributed by atoms with Gasteiger partial charge in [-0.25, -0.2) is 4.98 Å². The van der Waals surface area contributed by atoms with Crippen LogP contribution in [0.4, 0.5) is 0 Å². The maximum absolute atomic E-state index is 12.7. The van der Waals surface area contributed by atoms with E-state index in [0.717, 1.165) is 33.6 Å². The number of methoxy groups -OCH3 is 1. The lowest BCUT2D eigenvalue weighted by Gasteiger charge is -2.09. The molecular formula is C21H20N4O2. The third-order valence-electron chi connectivity index (χ3n) is 4.56. The fraction of sp³-hybridized carbons (Fsp3) is 0.190. The zero-order chi connectivity index (χ0) is 19.0. The molecule has 4 aromatic rings. The third-order valence-corrected chi connectivity index (χ3v) is 4.56. The number of hydrogen-bond acceptors (Lipinski definition) is 4. The smallest absolute Gasteiger partial charge is 0.253 e. The van der Waals surface area contributed by atoms with Crippen molar-refractivity contribution in [2.75, 3.05) is 7.11 Å². The SMILES string of the molecule is COc1ccc2cc(C(=O)NCc3cn4ccc(C)cc4n3)c(C)nc2c1. The standard InChI is InChI=1S/C21H20N4O2/c1-13-6-7-25-12-16(24-20(25)8-13)11-22-21(26)18-9-15-4-5-17(27-3)10-19(15)23-14(18)2/h4-10,12H,11H2,1-3H3,(H,22,26). The molecule has 3 aromatic heterocycles. The number of nitrogens with zero attached hydrogens (tertiary/aromatic N) is 3. The first-order valence-electron chi connectivity index (χ1n) is 8.71. The lowest BCUT2D eigenvalue weighted by Crippen LogP contribution is -2.24. The molecule has 0 atom stereocenters. The van der Waals surface area contributed by atoms with Crippen LogP contribution in [0.1, 0.15) is 27.3 Å². The van der Waals surface area contributed by atoms with E-state index in [1.54, 1.807) is 7.11 Å². The van der Waals surface area contributed by atoms with Gasteiger partial charge in [0, 0.05) is 23.8 Å². The average molecular weight is 360 g/mol. The van der Waals surface area contributed by atoms with E-state index in [9.17, 15) is 4.79 Å². The van der Waals surface area contributed by atoms with Crippen LogP contribution in [0, 0.1) is 13.8 Å². The Balaban J connectivity index is 1.55. The molecule has 0 bridgehead atoms. The van der Waals surface area contributed by atoms with Gasteiger partial charge in [-0.15, -0.1) is 0 Å². The van der Waals surface area contributed by atoms with Crippen LogP contribution in [0.2, 0.25) is 0 Å². The second-order valence-electron chi connectivity index (χ2n) is 6.56. The molecule has 0 radical (unpaired) electrons. The summed E-state index contributed by atoms with van der Waals surface area (Å²) in [6.45, 7) is 4.22. The maximum Gasteiger partial charge on any atom is 0.253 e. The Hall–Kier alpha value is -3.41. The molecule has 0 saturated heterocycles. The van der Waals surface area contributed by atoms with Crippen molar-refractivity contribution in [2.45, 2.75) is 20.4 Å². The fourth-order valence-corrected chi connectivity index (χ4v) is 3.09. The lowest BCUT2D eigenvalue weighted by molar-refractivity contribution is 0.0949. The molecule has 0 unspecified atom stereocenters. The number of carbonyl (C=O) groups is 1. The summed E-state index contributed by atoms with van der Waals surface area (Å²) in [4.78, 5) is 21.8. The highest BCUT2D eigenvalue weighted by molar-refractivity contribution is 5.98. The van der Waals surface area contributed by atoms with Crippen LogP contribution in [0.15, 0.2) is 48.8 Å². The molecule has 4 rings (SSSR count). The number of benzene rings is 1. The summed E-state index contributed by atoms with van der Waals surface area (Å²) in [7, 11) is 1.62. The Morgan fingerprint density at radius 3 is 2.81 bits per heavy atom. The zero-order valence-corrected chi connectivity index (χ0v) is 15.5. The van der Waals surface area contributed by atoms with E-state index in [1.807, 2.05) is 67.0 Å². The number of ether oxygens (including phenoxy) is 1. The van der Waals surface area contributed by atoms with Gasteiger partial charge in [-0.3, -0.25) is 9.78 Å². The first kappa shape index (κ1) is 17.0. The van der Waals surface area contributed by atoms with Crippen molar-refractivity contribution in [2.24, 2.45) is 0 Å². The van der Waals surface area contributed by atoms with Crippen molar-refractivity contribution >= 4 is 22.5 Å². The second kappa shape index (κ2) is 6.72. The van der Waals surface area contributed by atoms with Gasteiger partial charge in [-0.1, -0.05) is 0 Å². The van der Waals surface area contributed by atoms with Gasteiger partial charge in [0.05, 0.1) is 36.1 Å². The molecule has 1 amide bonds. The van der Waals surface area contributed by atoms with Gasteiger partial charge in [-0.05, 0) is 49.7 Å². The first-order chi connectivity index (χ1) is 13.0. The average Bonchev–Trinajstić information content (AvgIpc) is 3.07. The molecule has 136 valence electrons. The summed E-state index contributed by atoms with van der Waals surface area (Å²) in [5.41, 5.74) is 4.88. The van der Waals surface area contributed by atoms with E-state index in [4.69, 9.17) is 4.74 Å². The van der Waals surface area contributed by atoms with Gasteiger partial charge >= 0.3 is 0 Å². The minimum atomic E-state index is -0.161. The Bertz CT molecular complexity index is 1160. The molecule has 1 N–H and O–H groups in total. The highest BCUT2D eigenvalue weighted by Gasteiger charge is 2.13. The second-order valence-corrected chi connectivity index (χ2v) is 6.56. The summed E-state index contributed by atoms with van der Waals surface area (Å²) < 4.78 is 7.18. The van der Waals surface area contributed by atoms with Crippen LogP contribution in [0.5, 0.6) is 5.75 Å². The fourth-order valence-electron chi connectivity index (χ4n) is 3.09. The normalized spacial score (nSPS) is 11.1. The van der Waals surface area contributed by atoms with Crippen molar-refractivity contribution in [3.63, 3.8) is 0 Å². The number of aromatic nitrogens is 3. The number of hydrogen-bond donors (Lipinski definition) is 1. The van der Waals surface area contributed by atoms with Gasteiger partial charge in [0.2, 0.25) is 0 Å². The molecule has 3 heterocycles. The van der Waals surface area contributed by atoms with Gasteiger partial charge in [0.25, 0.3) is 5.91 Å². The van der Waals surface area contributed by atoms with E-state index >= 15 is 0 Å². The molecular weight excluding hydrogens is 340 g/mol. The number of nitrogens with one attached hydrogen (secondary N) is 1. The Kier molecular flexibility index (Phi) is 4.24. The summed E-state index contributed by atoms with van der Waals surface area (Å²) in [6.07, 6.45) is 3.89. The number of carbonyl (C=O) groups excluding carboxylic acids is 1. The number of rotatable bonds is 4.